The van der Waals surface area contributed by atoms with Gasteiger partial charge in [-0.15, -0.1) is 0 Å². The SMILES string of the molecule is COc1cc([N+](=O)[O-])c(Cl)cc1-c1ccc(/C=C2\SC(NC(C)=O)=NC2=O)o1. The van der Waals surface area contributed by atoms with Gasteiger partial charge >= 0.3 is 0 Å². The van der Waals surface area contributed by atoms with Crippen molar-refractivity contribution in [1.29, 1.82) is 0 Å². The number of amidine groups is 1. The molecule has 1 aromatic heterocycles. The van der Waals surface area contributed by atoms with Crippen molar-refractivity contribution in [3.63, 3.8) is 0 Å². The molecular formula is C17H12ClN3O6S. The van der Waals surface area contributed by atoms with Gasteiger partial charge in [-0.25, -0.2) is 0 Å². The summed E-state index contributed by atoms with van der Waals surface area (Å²) in [5.74, 6) is 0.0817. The minimum Gasteiger partial charge on any atom is -0.496 e. The first-order chi connectivity index (χ1) is 13.3. The first-order valence-corrected chi connectivity index (χ1v) is 8.90. The average molecular weight is 422 g/mol. The van der Waals surface area contributed by atoms with E-state index in [9.17, 15) is 19.7 Å². The zero-order valence-corrected chi connectivity index (χ0v) is 16.1. The van der Waals surface area contributed by atoms with Gasteiger partial charge in [0.2, 0.25) is 5.91 Å². The Morgan fingerprint density at radius 2 is 2.18 bits per heavy atom. The van der Waals surface area contributed by atoms with Crippen LogP contribution < -0.4 is 10.1 Å². The van der Waals surface area contributed by atoms with E-state index in [2.05, 4.69) is 10.3 Å². The number of methoxy groups -OCH3 is 1. The zero-order chi connectivity index (χ0) is 20.4. The predicted octanol–water partition coefficient (Wildman–Crippen LogP) is 3.62. The van der Waals surface area contributed by atoms with Gasteiger partial charge in [0, 0.05) is 13.0 Å². The number of benzene rings is 1. The lowest BCUT2D eigenvalue weighted by Crippen LogP contribution is -2.23. The largest absolute Gasteiger partial charge is 0.496 e. The predicted molar refractivity (Wildman–Crippen MR) is 104 cm³/mol. The summed E-state index contributed by atoms with van der Waals surface area (Å²) in [5.41, 5.74) is 0.134. The maximum atomic E-state index is 11.9. The Kier molecular flexibility index (Phi) is 5.52. The van der Waals surface area contributed by atoms with E-state index in [-0.39, 0.29) is 32.4 Å². The minimum absolute atomic E-state index is 0.0630. The number of aliphatic imine (C=N–C) groups is 1. The van der Waals surface area contributed by atoms with Gasteiger partial charge in [-0.1, -0.05) is 11.6 Å². The lowest BCUT2D eigenvalue weighted by Gasteiger charge is -2.07. The maximum Gasteiger partial charge on any atom is 0.291 e. The van der Waals surface area contributed by atoms with E-state index in [0.29, 0.717) is 17.1 Å². The van der Waals surface area contributed by atoms with Crippen LogP contribution in [0.25, 0.3) is 17.4 Å². The van der Waals surface area contributed by atoms with Crippen molar-refractivity contribution in [3.05, 3.63) is 50.1 Å². The molecule has 0 bridgehead atoms. The molecule has 1 aliphatic heterocycles. The van der Waals surface area contributed by atoms with Crippen LogP contribution in [0, 0.1) is 10.1 Å². The third-order valence-corrected chi connectivity index (χ3v) is 4.74. The highest BCUT2D eigenvalue weighted by atomic mass is 35.5. The molecule has 2 amide bonds. The third kappa shape index (κ3) is 4.07. The molecule has 9 nitrogen and oxygen atoms in total. The minimum atomic E-state index is -0.609. The Hall–Kier alpha value is -3.11. The molecule has 2 aromatic rings. The monoisotopic (exact) mass is 421 g/mol. The Morgan fingerprint density at radius 1 is 1.43 bits per heavy atom. The summed E-state index contributed by atoms with van der Waals surface area (Å²) in [6.07, 6.45) is 1.48. The lowest BCUT2D eigenvalue weighted by molar-refractivity contribution is -0.384. The summed E-state index contributed by atoms with van der Waals surface area (Å²) in [4.78, 5) is 37.4. The van der Waals surface area contributed by atoms with E-state index in [1.807, 2.05) is 0 Å². The molecule has 1 aliphatic rings. The van der Waals surface area contributed by atoms with E-state index < -0.39 is 10.8 Å². The molecule has 0 spiro atoms. The number of amides is 2. The summed E-state index contributed by atoms with van der Waals surface area (Å²) in [7, 11) is 1.37. The van der Waals surface area contributed by atoms with Crippen LogP contribution in [0.5, 0.6) is 5.75 Å². The van der Waals surface area contributed by atoms with Crippen molar-refractivity contribution in [2.45, 2.75) is 6.92 Å². The van der Waals surface area contributed by atoms with Crippen LogP contribution >= 0.6 is 23.4 Å². The molecular weight excluding hydrogens is 410 g/mol. The molecule has 0 saturated carbocycles. The fraction of sp³-hybridized carbons (Fsp3) is 0.118. The quantitative estimate of drug-likeness (QED) is 0.454. The second kappa shape index (κ2) is 7.87. The van der Waals surface area contributed by atoms with Gasteiger partial charge in [0.1, 0.15) is 22.3 Å². The number of thioether (sulfide) groups is 1. The first-order valence-electron chi connectivity index (χ1n) is 7.70. The fourth-order valence-electron chi connectivity index (χ4n) is 2.36. The van der Waals surface area contributed by atoms with Gasteiger partial charge in [0.05, 0.1) is 28.6 Å². The molecule has 1 aromatic carbocycles. The second-order valence-electron chi connectivity index (χ2n) is 5.48. The Labute approximate surface area is 167 Å². The van der Waals surface area contributed by atoms with Gasteiger partial charge < -0.3 is 14.5 Å². The van der Waals surface area contributed by atoms with Crippen LogP contribution in [-0.2, 0) is 9.59 Å². The van der Waals surface area contributed by atoms with Crippen molar-refractivity contribution >= 4 is 52.1 Å². The van der Waals surface area contributed by atoms with Crippen LogP contribution in [0.4, 0.5) is 5.69 Å². The number of nitro benzene ring substituents is 1. The fourth-order valence-corrected chi connectivity index (χ4v) is 3.43. The highest BCUT2D eigenvalue weighted by Crippen LogP contribution is 2.39. The van der Waals surface area contributed by atoms with Crippen LogP contribution in [0.2, 0.25) is 5.02 Å². The van der Waals surface area contributed by atoms with Crippen LogP contribution in [0.1, 0.15) is 12.7 Å². The summed E-state index contributed by atoms with van der Waals surface area (Å²) < 4.78 is 10.9. The summed E-state index contributed by atoms with van der Waals surface area (Å²) in [6.45, 7) is 1.32. The van der Waals surface area contributed by atoms with Gasteiger partial charge in [0.15, 0.2) is 5.17 Å². The van der Waals surface area contributed by atoms with E-state index in [4.69, 9.17) is 20.8 Å². The lowest BCUT2D eigenvalue weighted by atomic mass is 10.1. The van der Waals surface area contributed by atoms with Crippen molar-refractivity contribution in [1.82, 2.24) is 5.32 Å². The standard InChI is InChI=1S/C17H12ClN3O6S/c1-8(22)19-17-20-16(23)15(28-17)5-9-3-4-13(27-9)10-6-11(18)12(21(24)25)7-14(10)26-2/h3-7H,1-2H3,(H,19,20,22,23)/b15-5-. The molecule has 28 heavy (non-hydrogen) atoms. The number of nitrogens with zero attached hydrogens (tertiary/aromatic N) is 2. The molecule has 3 rings (SSSR count). The molecule has 11 heteroatoms. The van der Waals surface area contributed by atoms with Crippen molar-refractivity contribution in [3.8, 4) is 17.1 Å². The number of ether oxygens (including phenoxy) is 1. The molecule has 0 fully saturated rings. The van der Waals surface area contributed by atoms with Crippen LogP contribution in [0.3, 0.4) is 0 Å². The van der Waals surface area contributed by atoms with Crippen molar-refractivity contribution in [2.75, 3.05) is 7.11 Å². The van der Waals surface area contributed by atoms with E-state index in [1.165, 1.54) is 32.2 Å². The zero-order valence-electron chi connectivity index (χ0n) is 14.5. The highest BCUT2D eigenvalue weighted by Gasteiger charge is 2.24. The smallest absolute Gasteiger partial charge is 0.291 e. The summed E-state index contributed by atoms with van der Waals surface area (Å²) >= 11 is 6.99. The second-order valence-corrected chi connectivity index (χ2v) is 6.91. The Morgan fingerprint density at radius 3 is 2.82 bits per heavy atom. The Bertz CT molecular complexity index is 1060. The Balaban J connectivity index is 1.89. The number of hydrogen-bond donors (Lipinski definition) is 1. The van der Waals surface area contributed by atoms with Gasteiger partial charge in [0.25, 0.3) is 11.6 Å². The molecule has 0 radical (unpaired) electrons. The molecule has 0 aliphatic carbocycles. The average Bonchev–Trinajstić information content (AvgIpc) is 3.21. The molecule has 144 valence electrons. The first kappa shape index (κ1) is 19.6. The molecule has 0 saturated heterocycles. The van der Waals surface area contributed by atoms with E-state index in [1.54, 1.807) is 12.1 Å². The van der Waals surface area contributed by atoms with Crippen molar-refractivity contribution in [2.24, 2.45) is 4.99 Å². The normalized spacial score (nSPS) is 14.9. The molecule has 0 unspecified atom stereocenters. The summed E-state index contributed by atoms with van der Waals surface area (Å²) in [5, 5.41) is 13.6. The number of nitrogens with one attached hydrogen (secondary N) is 1. The van der Waals surface area contributed by atoms with Crippen LogP contribution in [0.15, 0.2) is 38.6 Å². The number of carbonyl (C=O) groups is 2. The highest BCUT2D eigenvalue weighted by molar-refractivity contribution is 8.18. The van der Waals surface area contributed by atoms with Gasteiger partial charge in [-0.2, -0.15) is 4.99 Å². The number of furan rings is 1. The maximum absolute atomic E-state index is 11.9. The summed E-state index contributed by atoms with van der Waals surface area (Å²) in [6, 6.07) is 5.82. The topological polar surface area (TPSA) is 124 Å². The molecule has 2 heterocycles. The van der Waals surface area contributed by atoms with E-state index >= 15 is 0 Å². The number of nitro groups is 1. The molecule has 0 atom stereocenters. The number of hydrogen-bond acceptors (Lipinski definition) is 7. The van der Waals surface area contributed by atoms with Crippen LogP contribution in [-0.4, -0.2) is 29.0 Å². The molecule has 1 N–H and O–H groups in total. The number of rotatable bonds is 4. The third-order valence-electron chi connectivity index (χ3n) is 3.53. The van der Waals surface area contributed by atoms with E-state index in [0.717, 1.165) is 11.8 Å². The van der Waals surface area contributed by atoms with Gasteiger partial charge in [-0.05, 0) is 30.0 Å². The number of carbonyl (C=O) groups excluding carboxylic acids is 2. The van der Waals surface area contributed by atoms with Crippen molar-refractivity contribution < 1.29 is 23.7 Å². The number of halogens is 1. The van der Waals surface area contributed by atoms with Gasteiger partial charge in [-0.3, -0.25) is 19.7 Å².